The van der Waals surface area contributed by atoms with Crippen LogP contribution in [-0.4, -0.2) is 42.8 Å². The summed E-state index contributed by atoms with van der Waals surface area (Å²) in [6.07, 6.45) is 1.76. The van der Waals surface area contributed by atoms with Crippen LogP contribution in [0.25, 0.3) is 0 Å². The minimum absolute atomic E-state index is 0.0334. The third-order valence-corrected chi connectivity index (χ3v) is 3.27. The molecule has 1 aromatic carbocycles. The monoisotopic (exact) mass is 264 g/mol. The molecule has 0 aromatic heterocycles. The van der Waals surface area contributed by atoms with Gasteiger partial charge in [-0.2, -0.15) is 0 Å². The van der Waals surface area contributed by atoms with Crippen molar-refractivity contribution in [2.75, 3.05) is 26.8 Å². The molecule has 1 unspecified atom stereocenters. The Morgan fingerprint density at radius 2 is 2.32 bits per heavy atom. The van der Waals surface area contributed by atoms with Crippen LogP contribution in [0.15, 0.2) is 24.3 Å². The van der Waals surface area contributed by atoms with E-state index < -0.39 is 0 Å². The molecule has 0 bridgehead atoms. The SMILES string of the molecule is CN(CCO)C(=O)NC1CCCOc2ccccc21. The second-order valence-electron chi connectivity index (χ2n) is 4.68. The van der Waals surface area contributed by atoms with Crippen LogP contribution < -0.4 is 10.1 Å². The Morgan fingerprint density at radius 3 is 3.11 bits per heavy atom. The topological polar surface area (TPSA) is 61.8 Å². The zero-order valence-corrected chi connectivity index (χ0v) is 11.1. The van der Waals surface area contributed by atoms with Crippen LogP contribution >= 0.6 is 0 Å². The number of aliphatic hydroxyl groups excluding tert-OH is 1. The molecular formula is C14H20N2O3. The maximum Gasteiger partial charge on any atom is 0.317 e. The van der Waals surface area contributed by atoms with Gasteiger partial charge in [-0.25, -0.2) is 4.79 Å². The van der Waals surface area contributed by atoms with Gasteiger partial charge < -0.3 is 20.1 Å². The summed E-state index contributed by atoms with van der Waals surface area (Å²) in [7, 11) is 1.67. The van der Waals surface area contributed by atoms with Gasteiger partial charge in [-0.1, -0.05) is 18.2 Å². The first-order valence-corrected chi connectivity index (χ1v) is 6.56. The Labute approximate surface area is 113 Å². The molecule has 5 nitrogen and oxygen atoms in total. The molecule has 0 saturated heterocycles. The summed E-state index contributed by atoms with van der Waals surface area (Å²) in [4.78, 5) is 13.5. The summed E-state index contributed by atoms with van der Waals surface area (Å²) >= 11 is 0. The van der Waals surface area contributed by atoms with Crippen molar-refractivity contribution in [3.63, 3.8) is 0 Å². The summed E-state index contributed by atoms with van der Waals surface area (Å²) in [6, 6.07) is 7.59. The van der Waals surface area contributed by atoms with Crippen LogP contribution in [0, 0.1) is 0 Å². The molecule has 0 radical (unpaired) electrons. The Morgan fingerprint density at radius 1 is 1.53 bits per heavy atom. The molecule has 2 amide bonds. The van der Waals surface area contributed by atoms with Crippen LogP contribution in [0.3, 0.4) is 0 Å². The van der Waals surface area contributed by atoms with Gasteiger partial charge in [0.2, 0.25) is 0 Å². The fourth-order valence-electron chi connectivity index (χ4n) is 2.19. The third-order valence-electron chi connectivity index (χ3n) is 3.27. The summed E-state index contributed by atoms with van der Waals surface area (Å²) in [5.74, 6) is 0.843. The predicted octanol–water partition coefficient (Wildman–Crippen LogP) is 1.53. The van der Waals surface area contributed by atoms with Crippen LogP contribution in [0.4, 0.5) is 4.79 Å². The molecule has 1 aliphatic heterocycles. The van der Waals surface area contributed by atoms with Gasteiger partial charge in [-0.15, -0.1) is 0 Å². The number of likely N-dealkylation sites (N-methyl/N-ethyl adjacent to an activating group) is 1. The lowest BCUT2D eigenvalue weighted by Gasteiger charge is -2.23. The number of aliphatic hydroxyl groups is 1. The van der Waals surface area contributed by atoms with Crippen molar-refractivity contribution >= 4 is 6.03 Å². The molecule has 5 heteroatoms. The van der Waals surface area contributed by atoms with Gasteiger partial charge in [0.25, 0.3) is 0 Å². The quantitative estimate of drug-likeness (QED) is 0.870. The summed E-state index contributed by atoms with van der Waals surface area (Å²) in [5, 5.41) is 11.8. The summed E-state index contributed by atoms with van der Waals surface area (Å²) in [6.45, 7) is 0.973. The largest absolute Gasteiger partial charge is 0.493 e. The van der Waals surface area contributed by atoms with Crippen LogP contribution in [0.5, 0.6) is 5.75 Å². The van der Waals surface area contributed by atoms with E-state index in [-0.39, 0.29) is 18.7 Å². The van der Waals surface area contributed by atoms with E-state index in [4.69, 9.17) is 9.84 Å². The Balaban J connectivity index is 2.09. The molecule has 1 aliphatic rings. The fraction of sp³-hybridized carbons (Fsp3) is 0.500. The van der Waals surface area contributed by atoms with Crippen molar-refractivity contribution in [3.8, 4) is 5.75 Å². The molecule has 2 N–H and O–H groups in total. The molecule has 0 fully saturated rings. The van der Waals surface area contributed by atoms with E-state index in [1.807, 2.05) is 24.3 Å². The van der Waals surface area contributed by atoms with Crippen molar-refractivity contribution in [2.45, 2.75) is 18.9 Å². The smallest absolute Gasteiger partial charge is 0.317 e. The number of rotatable bonds is 3. The number of hydrogen-bond acceptors (Lipinski definition) is 3. The number of benzene rings is 1. The molecule has 2 rings (SSSR count). The van der Waals surface area contributed by atoms with Gasteiger partial charge in [0.05, 0.1) is 19.3 Å². The fourth-order valence-corrected chi connectivity index (χ4v) is 2.19. The van der Waals surface area contributed by atoms with E-state index in [1.54, 1.807) is 7.05 Å². The molecular weight excluding hydrogens is 244 g/mol. The predicted molar refractivity (Wildman–Crippen MR) is 72.2 cm³/mol. The first-order chi connectivity index (χ1) is 9.22. The van der Waals surface area contributed by atoms with Crippen molar-refractivity contribution in [1.29, 1.82) is 0 Å². The number of nitrogens with one attached hydrogen (secondary N) is 1. The highest BCUT2D eigenvalue weighted by Crippen LogP contribution is 2.31. The number of para-hydroxylation sites is 1. The normalized spacial score (nSPS) is 17.9. The van der Waals surface area contributed by atoms with Gasteiger partial charge in [0, 0.05) is 19.2 Å². The van der Waals surface area contributed by atoms with E-state index in [9.17, 15) is 4.79 Å². The molecule has 1 atom stereocenters. The van der Waals surface area contributed by atoms with Gasteiger partial charge >= 0.3 is 6.03 Å². The summed E-state index contributed by atoms with van der Waals surface area (Å²) in [5.41, 5.74) is 1.02. The number of fused-ring (bicyclic) bond motifs is 1. The highest BCUT2D eigenvalue weighted by Gasteiger charge is 2.22. The van der Waals surface area contributed by atoms with Crippen LogP contribution in [0.1, 0.15) is 24.4 Å². The molecule has 0 aliphatic carbocycles. The number of carbonyl (C=O) groups excluding carboxylic acids is 1. The van der Waals surface area contributed by atoms with Crippen molar-refractivity contribution < 1.29 is 14.6 Å². The van der Waals surface area contributed by atoms with E-state index >= 15 is 0 Å². The minimum atomic E-state index is -0.171. The Hall–Kier alpha value is -1.75. The van der Waals surface area contributed by atoms with E-state index in [2.05, 4.69) is 5.32 Å². The zero-order valence-electron chi connectivity index (χ0n) is 11.1. The van der Waals surface area contributed by atoms with Crippen molar-refractivity contribution in [2.24, 2.45) is 0 Å². The average Bonchev–Trinajstić information content (AvgIpc) is 2.62. The van der Waals surface area contributed by atoms with E-state index in [0.29, 0.717) is 13.2 Å². The lowest BCUT2D eigenvalue weighted by molar-refractivity contribution is 0.186. The average molecular weight is 264 g/mol. The number of ether oxygens (including phenoxy) is 1. The number of amides is 2. The molecule has 0 saturated carbocycles. The number of carbonyl (C=O) groups is 1. The third kappa shape index (κ3) is 3.38. The zero-order chi connectivity index (χ0) is 13.7. The first-order valence-electron chi connectivity index (χ1n) is 6.56. The van der Waals surface area contributed by atoms with Crippen molar-refractivity contribution in [3.05, 3.63) is 29.8 Å². The van der Waals surface area contributed by atoms with Crippen molar-refractivity contribution in [1.82, 2.24) is 10.2 Å². The second kappa shape index (κ2) is 6.43. The van der Waals surface area contributed by atoms with Gasteiger partial charge in [-0.05, 0) is 18.9 Å². The Kier molecular flexibility index (Phi) is 4.63. The highest BCUT2D eigenvalue weighted by molar-refractivity contribution is 5.74. The Bertz CT molecular complexity index is 436. The maximum absolute atomic E-state index is 12.0. The molecule has 19 heavy (non-hydrogen) atoms. The van der Waals surface area contributed by atoms with E-state index in [1.165, 1.54) is 4.90 Å². The highest BCUT2D eigenvalue weighted by atomic mass is 16.5. The number of nitrogens with zero attached hydrogens (tertiary/aromatic N) is 1. The second-order valence-corrected chi connectivity index (χ2v) is 4.68. The van der Waals surface area contributed by atoms with E-state index in [0.717, 1.165) is 24.2 Å². The number of hydrogen-bond donors (Lipinski definition) is 2. The molecule has 104 valence electrons. The molecule has 1 heterocycles. The standard InChI is InChI=1S/C14H20N2O3/c1-16(8-9-17)14(18)15-12-6-4-10-19-13-7-3-2-5-11(12)13/h2-3,5,7,12,17H,4,6,8-10H2,1H3,(H,15,18). The van der Waals surface area contributed by atoms with Gasteiger partial charge in [0.1, 0.15) is 5.75 Å². The maximum atomic E-state index is 12.0. The molecule has 1 aromatic rings. The summed E-state index contributed by atoms with van der Waals surface area (Å²) < 4.78 is 5.66. The number of urea groups is 1. The van der Waals surface area contributed by atoms with Crippen LogP contribution in [0.2, 0.25) is 0 Å². The van der Waals surface area contributed by atoms with Gasteiger partial charge in [0.15, 0.2) is 0 Å². The minimum Gasteiger partial charge on any atom is -0.493 e. The van der Waals surface area contributed by atoms with Crippen LogP contribution in [-0.2, 0) is 0 Å². The lowest BCUT2D eigenvalue weighted by atomic mass is 10.0. The molecule has 0 spiro atoms. The first kappa shape index (κ1) is 13.7. The van der Waals surface area contributed by atoms with Gasteiger partial charge in [-0.3, -0.25) is 0 Å². The lowest BCUT2D eigenvalue weighted by Crippen LogP contribution is -2.40.